The molecular weight excluding hydrogens is 799 g/mol. The standard InChI is InChI=1S/C30H24P2.C11H6F2N.Ir/c1-5-15-25(16-6-1)31(26-17-7-2-8-18-26)29-23-13-14-24-30(29)32(27-19-9-3-10-20-27)28-21-11-4-12-22-28;12-8-4-5-9(10(13)7-8)11-3-1-2-6-14-11;/h1-24H;1-4,6-7H;/q;-1;/p+2. The normalized spacial score (nSPS) is 10.6. The average molecular weight is 831 g/mol. The Morgan fingerprint density at radius 3 is 1.21 bits per heavy atom. The Hall–Kier alpha value is -4.16. The molecule has 1 heterocycles. The fraction of sp³-hybridized carbons (Fsp3) is 0. The van der Waals surface area contributed by atoms with Gasteiger partial charge in [-0.25, -0.2) is 0 Å². The van der Waals surface area contributed by atoms with Crippen LogP contribution in [0.5, 0.6) is 0 Å². The first-order valence-corrected chi connectivity index (χ1v) is 18.0. The predicted octanol–water partition coefficient (Wildman–Crippen LogP) is 7.49. The van der Waals surface area contributed by atoms with Gasteiger partial charge in [-0.05, 0) is 72.4 Å². The summed E-state index contributed by atoms with van der Waals surface area (Å²) in [6.07, 6.45) is 1.55. The number of pyridine rings is 1. The third-order valence-corrected chi connectivity index (χ3v) is 13.3. The number of aromatic nitrogens is 1. The summed E-state index contributed by atoms with van der Waals surface area (Å²) in [5.74, 6) is -1.29. The maximum absolute atomic E-state index is 13.2. The number of hydrogen-bond acceptors (Lipinski definition) is 1. The van der Waals surface area contributed by atoms with E-state index in [1.165, 1.54) is 31.8 Å². The Labute approximate surface area is 291 Å². The summed E-state index contributed by atoms with van der Waals surface area (Å²) < 4.78 is 25.8. The van der Waals surface area contributed by atoms with Gasteiger partial charge < -0.3 is 4.98 Å². The number of halogens is 2. The van der Waals surface area contributed by atoms with Crippen molar-refractivity contribution in [3.8, 4) is 11.3 Å². The fourth-order valence-electron chi connectivity index (χ4n) is 5.45. The monoisotopic (exact) mass is 831 g/mol. The molecule has 47 heavy (non-hydrogen) atoms. The van der Waals surface area contributed by atoms with Crippen molar-refractivity contribution in [2.24, 2.45) is 0 Å². The van der Waals surface area contributed by atoms with E-state index in [1.807, 2.05) is 0 Å². The molecule has 0 saturated carbocycles. The fourth-order valence-corrected chi connectivity index (χ4v) is 11.4. The number of hydrogen-bond donors (Lipinski definition) is 0. The maximum atomic E-state index is 13.2. The van der Waals surface area contributed by atoms with Gasteiger partial charge in [0.25, 0.3) is 0 Å². The van der Waals surface area contributed by atoms with E-state index in [4.69, 9.17) is 0 Å². The van der Waals surface area contributed by atoms with Gasteiger partial charge in [0.05, 0.1) is 0 Å². The van der Waals surface area contributed by atoms with Crippen molar-refractivity contribution in [2.75, 3.05) is 0 Å². The summed E-state index contributed by atoms with van der Waals surface area (Å²) >= 11 is 0. The van der Waals surface area contributed by atoms with E-state index in [1.54, 1.807) is 24.4 Å². The van der Waals surface area contributed by atoms with Crippen molar-refractivity contribution in [3.63, 3.8) is 0 Å². The molecule has 0 aliphatic heterocycles. The molecule has 6 heteroatoms. The quantitative estimate of drug-likeness (QED) is 0.120. The van der Waals surface area contributed by atoms with Crippen molar-refractivity contribution in [1.29, 1.82) is 0 Å². The summed E-state index contributed by atoms with van der Waals surface area (Å²) in [5.41, 5.74) is 0.636. The summed E-state index contributed by atoms with van der Waals surface area (Å²) in [4.78, 5) is 3.95. The second kappa shape index (κ2) is 17.1. The Balaban J connectivity index is 0.000000243. The van der Waals surface area contributed by atoms with Gasteiger partial charge in [-0.1, -0.05) is 109 Å². The van der Waals surface area contributed by atoms with E-state index >= 15 is 0 Å². The van der Waals surface area contributed by atoms with Gasteiger partial charge in [0.1, 0.15) is 47.7 Å². The molecule has 233 valence electrons. The summed E-state index contributed by atoms with van der Waals surface area (Å²) in [6, 6.07) is 62.9. The van der Waals surface area contributed by atoms with Crippen LogP contribution in [0.1, 0.15) is 0 Å². The molecule has 0 unspecified atom stereocenters. The largest absolute Gasteiger partial charge is 0.305 e. The Morgan fingerprint density at radius 2 is 0.851 bits per heavy atom. The molecule has 0 aliphatic carbocycles. The molecule has 0 N–H and O–H groups in total. The second-order valence-corrected chi connectivity index (χ2v) is 15.4. The van der Waals surface area contributed by atoms with Crippen molar-refractivity contribution in [1.82, 2.24) is 4.98 Å². The molecule has 7 rings (SSSR count). The van der Waals surface area contributed by atoms with Crippen LogP contribution in [-0.4, -0.2) is 4.98 Å². The first-order valence-electron chi connectivity index (χ1n) is 15.0. The van der Waals surface area contributed by atoms with Gasteiger partial charge in [-0.3, -0.25) is 8.78 Å². The van der Waals surface area contributed by atoms with Crippen LogP contribution in [0.4, 0.5) is 8.78 Å². The molecular formula is C41H32F2IrNP2+. The molecule has 0 saturated heterocycles. The van der Waals surface area contributed by atoms with E-state index < -0.39 is 27.5 Å². The zero-order valence-electron chi connectivity index (χ0n) is 25.4. The minimum atomic E-state index is -1.14. The molecule has 1 nitrogen and oxygen atoms in total. The molecule has 0 aliphatic rings. The minimum Gasteiger partial charge on any atom is -0.305 e. The van der Waals surface area contributed by atoms with Crippen molar-refractivity contribution < 1.29 is 28.9 Å². The third-order valence-electron chi connectivity index (χ3n) is 7.49. The topological polar surface area (TPSA) is 12.9 Å². The van der Waals surface area contributed by atoms with Gasteiger partial charge in [-0.2, -0.15) is 0 Å². The SMILES string of the molecule is Fc1c[c-]c(-c2ccccn2)c(F)c1.[Ir].c1ccc([PH+](c2ccccc2)c2ccccc2[PH+](c2ccccc2)c2ccccc2)cc1. The van der Waals surface area contributed by atoms with Crippen LogP contribution >= 0.6 is 15.8 Å². The van der Waals surface area contributed by atoms with Gasteiger partial charge in [0.2, 0.25) is 0 Å². The molecule has 0 bridgehead atoms. The first kappa shape index (κ1) is 34.2. The first-order chi connectivity index (χ1) is 22.7. The van der Waals surface area contributed by atoms with Gasteiger partial charge >= 0.3 is 0 Å². The van der Waals surface area contributed by atoms with Crippen LogP contribution in [0.25, 0.3) is 11.3 Å². The van der Waals surface area contributed by atoms with Gasteiger partial charge in [0, 0.05) is 37.9 Å². The van der Waals surface area contributed by atoms with Gasteiger partial charge in [0.15, 0.2) is 0 Å². The van der Waals surface area contributed by atoms with E-state index in [-0.39, 0.29) is 25.7 Å². The molecule has 6 aromatic carbocycles. The van der Waals surface area contributed by atoms with E-state index in [0.29, 0.717) is 5.69 Å². The Morgan fingerprint density at radius 1 is 0.468 bits per heavy atom. The smallest absolute Gasteiger partial charge is 0.144 e. The van der Waals surface area contributed by atoms with Crippen LogP contribution in [0, 0.1) is 17.7 Å². The second-order valence-electron chi connectivity index (χ2n) is 10.5. The van der Waals surface area contributed by atoms with Crippen LogP contribution in [0.2, 0.25) is 0 Å². The number of benzene rings is 6. The van der Waals surface area contributed by atoms with Crippen LogP contribution in [-0.2, 0) is 20.1 Å². The Bertz CT molecular complexity index is 1780. The summed E-state index contributed by atoms with van der Waals surface area (Å²) in [6.45, 7) is 0. The van der Waals surface area contributed by atoms with Crippen molar-refractivity contribution in [3.05, 3.63) is 200 Å². The molecule has 1 aromatic heterocycles. The molecule has 0 atom stereocenters. The molecule has 0 amide bonds. The molecule has 1 radical (unpaired) electrons. The number of rotatable bonds is 7. The van der Waals surface area contributed by atoms with E-state index in [0.717, 1.165) is 12.1 Å². The molecule has 0 fully saturated rings. The van der Waals surface area contributed by atoms with Gasteiger partial charge in [-0.15, -0.1) is 12.1 Å². The van der Waals surface area contributed by atoms with Crippen LogP contribution in [0.15, 0.2) is 182 Å². The molecule has 0 spiro atoms. The Kier molecular flexibility index (Phi) is 12.5. The zero-order chi connectivity index (χ0) is 31.6. The summed E-state index contributed by atoms with van der Waals surface area (Å²) in [5, 5.41) is 8.71. The number of nitrogens with zero attached hydrogens (tertiary/aromatic N) is 1. The summed E-state index contributed by atoms with van der Waals surface area (Å²) in [7, 11) is -2.28. The van der Waals surface area contributed by atoms with Crippen molar-refractivity contribution >= 4 is 47.7 Å². The zero-order valence-corrected chi connectivity index (χ0v) is 29.8. The van der Waals surface area contributed by atoms with Crippen LogP contribution < -0.4 is 31.8 Å². The van der Waals surface area contributed by atoms with Crippen molar-refractivity contribution in [2.45, 2.75) is 0 Å². The third kappa shape index (κ3) is 8.61. The minimum absolute atomic E-state index is 0. The maximum Gasteiger partial charge on any atom is 0.144 e. The predicted molar refractivity (Wildman–Crippen MR) is 195 cm³/mol. The molecule has 7 aromatic rings. The van der Waals surface area contributed by atoms with E-state index in [9.17, 15) is 8.78 Å². The van der Waals surface area contributed by atoms with E-state index in [2.05, 4.69) is 157 Å². The van der Waals surface area contributed by atoms with Crippen LogP contribution in [0.3, 0.4) is 0 Å². The average Bonchev–Trinajstić information content (AvgIpc) is 3.12.